The topological polar surface area (TPSA) is 130 Å². The fourth-order valence-electron chi connectivity index (χ4n) is 3.19. The molecule has 1 aliphatic heterocycles. The zero-order valence-corrected chi connectivity index (χ0v) is 21.4. The van der Waals surface area contributed by atoms with Crippen LogP contribution in [0.25, 0.3) is 0 Å². The minimum absolute atomic E-state index is 0.00815. The summed E-state index contributed by atoms with van der Waals surface area (Å²) in [6.07, 6.45) is -1.55. The standard InChI is InChI=1S/C13H16F3N3OS.C10H9N3O.CH5N/c1-19-9-7-11(17-5-2-4-13(14,15)16)18-8-10(9)21-6-3-12(19)20;14-7-10-11-9(12-13-10)6-8-4-2-1-3-5-8;1-2/h7-8H,2-6H2,1H3,(H,17,18);1-5,7H,6H2,(H,11,12,13);2H2,1H3. The lowest BCUT2D eigenvalue weighted by Crippen LogP contribution is -2.25. The zero-order chi connectivity index (χ0) is 27.3. The number of carbonyl (C=O) groups excluding carboxylic acids is 2. The van der Waals surface area contributed by atoms with Gasteiger partial charge in [0.15, 0.2) is 6.29 Å². The molecule has 13 heteroatoms. The molecule has 3 aromatic rings. The molecule has 1 aromatic carbocycles. The van der Waals surface area contributed by atoms with Crippen molar-refractivity contribution in [2.75, 3.05) is 36.6 Å². The number of amides is 1. The van der Waals surface area contributed by atoms with Gasteiger partial charge in [-0.15, -0.1) is 11.8 Å². The summed E-state index contributed by atoms with van der Waals surface area (Å²) in [6, 6.07) is 11.6. The predicted octanol–water partition coefficient (Wildman–Crippen LogP) is 4.08. The van der Waals surface area contributed by atoms with E-state index in [1.54, 1.807) is 36.0 Å². The summed E-state index contributed by atoms with van der Waals surface area (Å²) in [6.45, 7) is 0.191. The molecule has 0 spiro atoms. The van der Waals surface area contributed by atoms with Crippen LogP contribution in [-0.4, -0.2) is 64.9 Å². The number of aromatic amines is 1. The van der Waals surface area contributed by atoms with Gasteiger partial charge in [-0.05, 0) is 19.0 Å². The molecule has 0 bridgehead atoms. The number of aromatic nitrogens is 4. The van der Waals surface area contributed by atoms with Crippen LogP contribution in [0.1, 0.15) is 41.3 Å². The van der Waals surface area contributed by atoms with E-state index in [1.165, 1.54) is 7.05 Å². The first-order valence-electron chi connectivity index (χ1n) is 11.4. The first-order chi connectivity index (χ1) is 17.7. The average Bonchev–Trinajstić information content (AvgIpc) is 3.30. The molecule has 0 unspecified atom stereocenters. The molecular formula is C24H30F3N7O2S. The number of rotatable bonds is 7. The van der Waals surface area contributed by atoms with Crippen molar-refractivity contribution in [3.8, 4) is 0 Å². The molecule has 0 atom stereocenters. The second-order valence-electron chi connectivity index (χ2n) is 7.65. The van der Waals surface area contributed by atoms with Crippen molar-refractivity contribution >= 4 is 35.5 Å². The van der Waals surface area contributed by atoms with Gasteiger partial charge in [0.1, 0.15) is 11.6 Å². The van der Waals surface area contributed by atoms with Crippen LogP contribution in [0.15, 0.2) is 47.5 Å². The number of nitrogens with one attached hydrogen (secondary N) is 2. The van der Waals surface area contributed by atoms with Crippen molar-refractivity contribution in [3.05, 3.63) is 59.8 Å². The maximum Gasteiger partial charge on any atom is 0.389 e. The number of anilines is 2. The van der Waals surface area contributed by atoms with Gasteiger partial charge >= 0.3 is 6.18 Å². The van der Waals surface area contributed by atoms with Crippen molar-refractivity contribution < 1.29 is 22.8 Å². The van der Waals surface area contributed by atoms with E-state index in [0.717, 1.165) is 16.1 Å². The number of fused-ring (bicyclic) bond motifs is 1. The van der Waals surface area contributed by atoms with Gasteiger partial charge in [-0.2, -0.15) is 18.3 Å². The van der Waals surface area contributed by atoms with Crippen LogP contribution in [0, 0.1) is 0 Å². The van der Waals surface area contributed by atoms with Gasteiger partial charge in [-0.3, -0.25) is 14.7 Å². The summed E-state index contributed by atoms with van der Waals surface area (Å²) in [5.41, 5.74) is 6.39. The van der Waals surface area contributed by atoms with E-state index in [9.17, 15) is 22.8 Å². The van der Waals surface area contributed by atoms with Gasteiger partial charge in [0.05, 0.1) is 5.69 Å². The van der Waals surface area contributed by atoms with Gasteiger partial charge in [-0.1, -0.05) is 30.3 Å². The van der Waals surface area contributed by atoms with E-state index >= 15 is 0 Å². The predicted molar refractivity (Wildman–Crippen MR) is 138 cm³/mol. The van der Waals surface area contributed by atoms with Gasteiger partial charge in [0.25, 0.3) is 0 Å². The number of hydrogen-bond acceptors (Lipinski definition) is 8. The quantitative estimate of drug-likeness (QED) is 0.304. The van der Waals surface area contributed by atoms with Crippen molar-refractivity contribution in [1.29, 1.82) is 0 Å². The minimum Gasteiger partial charge on any atom is -0.370 e. The molecule has 4 rings (SSSR count). The van der Waals surface area contributed by atoms with Crippen LogP contribution < -0.4 is 16.0 Å². The number of halogens is 3. The number of benzene rings is 1. The maximum atomic E-state index is 12.1. The van der Waals surface area contributed by atoms with Crippen molar-refractivity contribution in [2.45, 2.75) is 36.8 Å². The number of thioether (sulfide) groups is 1. The Morgan fingerprint density at radius 3 is 2.62 bits per heavy atom. The molecule has 0 saturated heterocycles. The number of pyridine rings is 1. The van der Waals surface area contributed by atoms with Crippen LogP contribution in [0.3, 0.4) is 0 Å². The van der Waals surface area contributed by atoms with E-state index < -0.39 is 12.6 Å². The van der Waals surface area contributed by atoms with Crippen molar-refractivity contribution in [2.24, 2.45) is 5.73 Å². The first-order valence-corrected chi connectivity index (χ1v) is 12.4. The van der Waals surface area contributed by atoms with Gasteiger partial charge in [0.2, 0.25) is 11.7 Å². The highest BCUT2D eigenvalue weighted by atomic mass is 32.2. The highest BCUT2D eigenvalue weighted by Gasteiger charge is 2.26. The van der Waals surface area contributed by atoms with E-state index in [4.69, 9.17) is 0 Å². The van der Waals surface area contributed by atoms with E-state index in [0.29, 0.717) is 36.5 Å². The van der Waals surface area contributed by atoms with Gasteiger partial charge in [-0.25, -0.2) is 9.97 Å². The molecule has 1 amide bonds. The molecule has 9 nitrogen and oxygen atoms in total. The Labute approximate surface area is 217 Å². The molecule has 37 heavy (non-hydrogen) atoms. The van der Waals surface area contributed by atoms with E-state index in [1.807, 2.05) is 30.3 Å². The molecule has 0 saturated carbocycles. The van der Waals surface area contributed by atoms with E-state index in [-0.39, 0.29) is 24.7 Å². The molecule has 0 aliphatic carbocycles. The highest BCUT2D eigenvalue weighted by molar-refractivity contribution is 7.99. The monoisotopic (exact) mass is 537 g/mol. The number of alkyl halides is 3. The molecule has 200 valence electrons. The molecular weight excluding hydrogens is 507 g/mol. The molecule has 4 N–H and O–H groups in total. The van der Waals surface area contributed by atoms with Crippen LogP contribution >= 0.6 is 11.8 Å². The summed E-state index contributed by atoms with van der Waals surface area (Å²) in [4.78, 5) is 32.8. The number of H-pyrrole nitrogens is 1. The Morgan fingerprint density at radius 1 is 1.24 bits per heavy atom. The van der Waals surface area contributed by atoms with E-state index in [2.05, 4.69) is 31.2 Å². The number of carbonyl (C=O) groups is 2. The molecule has 0 radical (unpaired) electrons. The summed E-state index contributed by atoms with van der Waals surface area (Å²) >= 11 is 1.56. The second-order valence-corrected chi connectivity index (χ2v) is 8.79. The second kappa shape index (κ2) is 15.0. The lowest BCUT2D eigenvalue weighted by Gasteiger charge is -2.18. The van der Waals surface area contributed by atoms with Crippen LogP contribution in [0.4, 0.5) is 24.7 Å². The SMILES string of the molecule is CN.CN1C(=O)CCSc2cnc(NCCCC(F)(F)F)cc21.O=Cc1n[nH]c(Cc2ccccc2)n1. The van der Waals surface area contributed by atoms with Crippen molar-refractivity contribution in [1.82, 2.24) is 20.2 Å². The third-order valence-electron chi connectivity index (χ3n) is 4.97. The fourth-order valence-corrected chi connectivity index (χ4v) is 4.16. The Balaban J connectivity index is 0.000000260. The normalized spacial score (nSPS) is 12.8. The van der Waals surface area contributed by atoms with Gasteiger partial charge in [0, 0.05) is 55.8 Å². The summed E-state index contributed by atoms with van der Waals surface area (Å²) in [5.74, 6) is 2.12. The highest BCUT2D eigenvalue weighted by Crippen LogP contribution is 2.34. The number of nitrogens with two attached hydrogens (primary N) is 1. The third-order valence-corrected chi connectivity index (χ3v) is 6.00. The summed E-state index contributed by atoms with van der Waals surface area (Å²) < 4.78 is 36.2. The Morgan fingerprint density at radius 2 is 1.97 bits per heavy atom. The third kappa shape index (κ3) is 10.2. The van der Waals surface area contributed by atoms with Crippen LogP contribution in [-0.2, 0) is 11.2 Å². The molecule has 1 aliphatic rings. The zero-order valence-electron chi connectivity index (χ0n) is 20.6. The number of hydrogen-bond donors (Lipinski definition) is 3. The molecule has 0 fully saturated rings. The Bertz CT molecular complexity index is 1130. The first kappa shape index (κ1) is 29.8. The minimum atomic E-state index is -4.13. The summed E-state index contributed by atoms with van der Waals surface area (Å²) in [5, 5.41) is 9.30. The summed E-state index contributed by atoms with van der Waals surface area (Å²) in [7, 11) is 3.19. The number of aldehydes is 1. The maximum absolute atomic E-state index is 12.1. The molecule has 2 aromatic heterocycles. The van der Waals surface area contributed by atoms with Crippen LogP contribution in [0.2, 0.25) is 0 Å². The fraction of sp³-hybridized carbons (Fsp3) is 0.375. The van der Waals surface area contributed by atoms with Crippen molar-refractivity contribution in [3.63, 3.8) is 0 Å². The Hall–Kier alpha value is -3.45. The molecule has 3 heterocycles. The van der Waals surface area contributed by atoms with Gasteiger partial charge < -0.3 is 16.0 Å². The number of nitrogens with zero attached hydrogens (tertiary/aromatic N) is 4. The Kier molecular flexibility index (Phi) is 12.0. The lowest BCUT2D eigenvalue weighted by atomic mass is 10.1. The largest absolute Gasteiger partial charge is 0.389 e. The smallest absolute Gasteiger partial charge is 0.370 e. The van der Waals surface area contributed by atoms with Crippen LogP contribution in [0.5, 0.6) is 0 Å². The average molecular weight is 538 g/mol. The lowest BCUT2D eigenvalue weighted by molar-refractivity contribution is -0.134.